The second-order valence-electron chi connectivity index (χ2n) is 3.10. The van der Waals surface area contributed by atoms with Crippen LogP contribution in [-0.2, 0) is 19.1 Å². The van der Waals surface area contributed by atoms with Crippen LogP contribution in [0, 0.1) is 5.92 Å². The van der Waals surface area contributed by atoms with Crippen molar-refractivity contribution in [3.8, 4) is 0 Å². The quantitative estimate of drug-likeness (QED) is 0.592. The standard InChI is InChI=1S/C9H12O4/c1-6(2)9(11)13-8-4-3-7(10)5-12-8/h3-4,6,8H,5H2,1-2H3. The van der Waals surface area contributed by atoms with E-state index in [1.807, 2.05) is 0 Å². The molecule has 72 valence electrons. The van der Waals surface area contributed by atoms with Crippen LogP contribution in [0.15, 0.2) is 12.2 Å². The van der Waals surface area contributed by atoms with Crippen LogP contribution in [0.4, 0.5) is 0 Å². The summed E-state index contributed by atoms with van der Waals surface area (Å²) in [5, 5.41) is 0. The molecule has 1 aliphatic rings. The summed E-state index contributed by atoms with van der Waals surface area (Å²) in [6, 6.07) is 0. The largest absolute Gasteiger partial charge is 0.432 e. The van der Waals surface area contributed by atoms with Crippen LogP contribution >= 0.6 is 0 Å². The number of carbonyl (C=O) groups excluding carboxylic acids is 2. The van der Waals surface area contributed by atoms with Gasteiger partial charge in [0.05, 0.1) is 5.92 Å². The van der Waals surface area contributed by atoms with Crippen molar-refractivity contribution in [2.45, 2.75) is 20.1 Å². The Morgan fingerprint density at radius 3 is 2.85 bits per heavy atom. The average Bonchev–Trinajstić information content (AvgIpc) is 2.08. The number of carbonyl (C=O) groups is 2. The fraction of sp³-hybridized carbons (Fsp3) is 0.556. The molecule has 1 aliphatic heterocycles. The summed E-state index contributed by atoms with van der Waals surface area (Å²) in [7, 11) is 0. The van der Waals surface area contributed by atoms with Crippen LogP contribution in [0.3, 0.4) is 0 Å². The Bertz CT molecular complexity index is 242. The Kier molecular flexibility index (Phi) is 3.19. The van der Waals surface area contributed by atoms with Gasteiger partial charge in [-0.05, 0) is 12.2 Å². The minimum Gasteiger partial charge on any atom is -0.432 e. The lowest BCUT2D eigenvalue weighted by molar-refractivity contribution is -0.175. The highest BCUT2D eigenvalue weighted by Gasteiger charge is 2.18. The van der Waals surface area contributed by atoms with Gasteiger partial charge in [-0.25, -0.2) is 0 Å². The van der Waals surface area contributed by atoms with E-state index in [1.54, 1.807) is 13.8 Å². The fourth-order valence-electron chi connectivity index (χ4n) is 0.778. The highest BCUT2D eigenvalue weighted by molar-refractivity contribution is 5.91. The predicted molar refractivity (Wildman–Crippen MR) is 44.8 cm³/mol. The molecular weight excluding hydrogens is 172 g/mol. The molecule has 4 heteroatoms. The molecular formula is C9H12O4. The first-order chi connectivity index (χ1) is 6.09. The lowest BCUT2D eigenvalue weighted by Gasteiger charge is -2.18. The molecule has 0 spiro atoms. The van der Waals surface area contributed by atoms with Crippen molar-refractivity contribution in [3.05, 3.63) is 12.2 Å². The van der Waals surface area contributed by atoms with Crippen LogP contribution < -0.4 is 0 Å². The molecule has 0 bridgehead atoms. The van der Waals surface area contributed by atoms with Gasteiger partial charge in [0.15, 0.2) is 5.78 Å². The molecule has 0 fully saturated rings. The molecule has 1 unspecified atom stereocenters. The summed E-state index contributed by atoms with van der Waals surface area (Å²) in [4.78, 5) is 21.7. The van der Waals surface area contributed by atoms with Gasteiger partial charge in [0.1, 0.15) is 6.61 Å². The molecule has 1 atom stereocenters. The van der Waals surface area contributed by atoms with E-state index in [1.165, 1.54) is 12.2 Å². The van der Waals surface area contributed by atoms with Crippen molar-refractivity contribution in [1.82, 2.24) is 0 Å². The third-order valence-electron chi connectivity index (χ3n) is 1.53. The summed E-state index contributed by atoms with van der Waals surface area (Å²) in [5.41, 5.74) is 0. The van der Waals surface area contributed by atoms with Crippen LogP contribution in [0.2, 0.25) is 0 Å². The summed E-state index contributed by atoms with van der Waals surface area (Å²) in [6.45, 7) is 3.45. The van der Waals surface area contributed by atoms with E-state index in [2.05, 4.69) is 0 Å². The maximum absolute atomic E-state index is 11.1. The summed E-state index contributed by atoms with van der Waals surface area (Å²) in [6.07, 6.45) is 2.10. The number of hydrogen-bond acceptors (Lipinski definition) is 4. The van der Waals surface area contributed by atoms with E-state index in [4.69, 9.17) is 9.47 Å². The fourth-order valence-corrected chi connectivity index (χ4v) is 0.778. The molecule has 1 heterocycles. The zero-order valence-corrected chi connectivity index (χ0v) is 7.65. The van der Waals surface area contributed by atoms with E-state index in [9.17, 15) is 9.59 Å². The molecule has 4 nitrogen and oxygen atoms in total. The zero-order chi connectivity index (χ0) is 9.84. The molecule has 1 rings (SSSR count). The Balaban J connectivity index is 2.43. The lowest BCUT2D eigenvalue weighted by atomic mass is 10.2. The molecule has 0 aliphatic carbocycles. The van der Waals surface area contributed by atoms with E-state index >= 15 is 0 Å². The number of ketones is 1. The van der Waals surface area contributed by atoms with Crippen molar-refractivity contribution >= 4 is 11.8 Å². The van der Waals surface area contributed by atoms with Gasteiger partial charge in [0, 0.05) is 0 Å². The summed E-state index contributed by atoms with van der Waals surface area (Å²) >= 11 is 0. The first-order valence-electron chi connectivity index (χ1n) is 4.12. The lowest BCUT2D eigenvalue weighted by Crippen LogP contribution is -2.27. The molecule has 13 heavy (non-hydrogen) atoms. The van der Waals surface area contributed by atoms with Gasteiger partial charge in [-0.3, -0.25) is 9.59 Å². The van der Waals surface area contributed by atoms with Gasteiger partial charge in [-0.1, -0.05) is 13.8 Å². The minimum atomic E-state index is -0.701. The first-order valence-corrected chi connectivity index (χ1v) is 4.12. The Labute approximate surface area is 76.5 Å². The van der Waals surface area contributed by atoms with Crippen LogP contribution in [-0.4, -0.2) is 24.6 Å². The van der Waals surface area contributed by atoms with Gasteiger partial charge in [0.25, 0.3) is 0 Å². The zero-order valence-electron chi connectivity index (χ0n) is 7.65. The van der Waals surface area contributed by atoms with Crippen molar-refractivity contribution < 1.29 is 19.1 Å². The molecule has 0 amide bonds. The van der Waals surface area contributed by atoms with E-state index in [0.717, 1.165) is 0 Å². The summed E-state index contributed by atoms with van der Waals surface area (Å²) < 4.78 is 9.83. The molecule has 0 saturated heterocycles. The smallest absolute Gasteiger partial charge is 0.310 e. The topological polar surface area (TPSA) is 52.6 Å². The molecule has 0 aromatic carbocycles. The third kappa shape index (κ3) is 2.99. The predicted octanol–water partition coefficient (Wildman–Crippen LogP) is 0.667. The van der Waals surface area contributed by atoms with Crippen molar-refractivity contribution in [1.29, 1.82) is 0 Å². The highest BCUT2D eigenvalue weighted by Crippen LogP contribution is 2.07. The van der Waals surface area contributed by atoms with Gasteiger partial charge >= 0.3 is 5.97 Å². The molecule has 0 aromatic rings. The van der Waals surface area contributed by atoms with Crippen LogP contribution in [0.5, 0.6) is 0 Å². The number of hydrogen-bond donors (Lipinski definition) is 0. The normalized spacial score (nSPS) is 22.1. The van der Waals surface area contributed by atoms with Crippen LogP contribution in [0.1, 0.15) is 13.8 Å². The Morgan fingerprint density at radius 1 is 1.69 bits per heavy atom. The number of ether oxygens (including phenoxy) is 2. The second-order valence-corrected chi connectivity index (χ2v) is 3.10. The highest BCUT2D eigenvalue weighted by atomic mass is 16.7. The van der Waals surface area contributed by atoms with Crippen molar-refractivity contribution in [2.24, 2.45) is 5.92 Å². The van der Waals surface area contributed by atoms with Gasteiger partial charge in [0.2, 0.25) is 6.29 Å². The van der Waals surface area contributed by atoms with E-state index in [-0.39, 0.29) is 24.3 Å². The van der Waals surface area contributed by atoms with Gasteiger partial charge in [-0.2, -0.15) is 0 Å². The van der Waals surface area contributed by atoms with Gasteiger partial charge in [-0.15, -0.1) is 0 Å². The molecule has 0 aromatic heterocycles. The first kappa shape index (κ1) is 9.92. The maximum Gasteiger partial charge on any atom is 0.310 e. The molecule has 0 N–H and O–H groups in total. The SMILES string of the molecule is CC(C)C(=O)OC1C=CC(=O)CO1. The van der Waals surface area contributed by atoms with Gasteiger partial charge < -0.3 is 9.47 Å². The third-order valence-corrected chi connectivity index (χ3v) is 1.53. The number of esters is 1. The Morgan fingerprint density at radius 2 is 2.38 bits per heavy atom. The minimum absolute atomic E-state index is 0.0213. The van der Waals surface area contributed by atoms with E-state index < -0.39 is 6.29 Å². The molecule has 0 saturated carbocycles. The molecule has 0 radical (unpaired) electrons. The summed E-state index contributed by atoms with van der Waals surface area (Å²) in [5.74, 6) is -0.629. The maximum atomic E-state index is 11.1. The van der Waals surface area contributed by atoms with Crippen LogP contribution in [0.25, 0.3) is 0 Å². The number of rotatable bonds is 2. The van der Waals surface area contributed by atoms with Crippen molar-refractivity contribution in [2.75, 3.05) is 6.61 Å². The van der Waals surface area contributed by atoms with E-state index in [0.29, 0.717) is 0 Å². The monoisotopic (exact) mass is 184 g/mol. The average molecular weight is 184 g/mol. The second kappa shape index (κ2) is 4.18. The Hall–Kier alpha value is -1.16. The van der Waals surface area contributed by atoms with Crippen molar-refractivity contribution in [3.63, 3.8) is 0 Å².